The summed E-state index contributed by atoms with van der Waals surface area (Å²) in [5.74, 6) is -0.606. The smallest absolute Gasteiger partial charge is 0.163 e. The maximum atomic E-state index is 10.1. The van der Waals surface area contributed by atoms with Crippen molar-refractivity contribution in [3.8, 4) is 0 Å². The number of hydrogen-bond acceptors (Lipinski definition) is 5. The molecular weight excluding hydrogens is 272 g/mol. The maximum absolute atomic E-state index is 10.1. The topological polar surface area (TPSA) is 57.2 Å². The van der Waals surface area contributed by atoms with Crippen molar-refractivity contribution in [3.63, 3.8) is 0 Å². The molecule has 2 aliphatic rings. The Bertz CT molecular complexity index is 461. The van der Waals surface area contributed by atoms with Crippen LogP contribution in [0.25, 0.3) is 0 Å². The minimum atomic E-state index is -0.633. The summed E-state index contributed by atoms with van der Waals surface area (Å²) in [5.41, 5.74) is 1.07. The van der Waals surface area contributed by atoms with E-state index in [1.165, 1.54) is 0 Å². The highest BCUT2D eigenvalue weighted by molar-refractivity contribution is 5.13. The normalized spacial score (nSPS) is 35.2. The molecule has 3 rings (SSSR count). The van der Waals surface area contributed by atoms with Gasteiger partial charge >= 0.3 is 0 Å². The van der Waals surface area contributed by atoms with Crippen LogP contribution in [0.4, 0.5) is 0 Å². The summed E-state index contributed by atoms with van der Waals surface area (Å²) in [6, 6.07) is 9.89. The molecule has 1 N–H and O–H groups in total. The molecule has 0 bridgehead atoms. The third kappa shape index (κ3) is 3.44. The highest BCUT2D eigenvalue weighted by atomic mass is 16.8. The molecule has 1 aromatic rings. The molecule has 5 nitrogen and oxygen atoms in total. The molecular formula is C16H22O5. The first-order chi connectivity index (χ1) is 10.1. The van der Waals surface area contributed by atoms with Gasteiger partial charge in [0.15, 0.2) is 5.79 Å². The van der Waals surface area contributed by atoms with Gasteiger partial charge in [0.25, 0.3) is 0 Å². The van der Waals surface area contributed by atoms with Crippen LogP contribution < -0.4 is 0 Å². The lowest BCUT2D eigenvalue weighted by Crippen LogP contribution is -2.42. The van der Waals surface area contributed by atoms with Gasteiger partial charge in [0.1, 0.15) is 24.4 Å². The van der Waals surface area contributed by atoms with E-state index in [1.54, 1.807) is 0 Å². The molecule has 21 heavy (non-hydrogen) atoms. The molecule has 0 aromatic heterocycles. The Hall–Kier alpha value is -0.980. The molecule has 0 amide bonds. The zero-order valence-corrected chi connectivity index (χ0v) is 12.4. The van der Waals surface area contributed by atoms with Crippen LogP contribution in [0.15, 0.2) is 30.3 Å². The highest BCUT2D eigenvalue weighted by Gasteiger charge is 2.47. The van der Waals surface area contributed by atoms with E-state index in [1.807, 2.05) is 44.2 Å². The third-order valence-corrected chi connectivity index (χ3v) is 3.84. The zero-order chi connectivity index (χ0) is 14.9. The van der Waals surface area contributed by atoms with E-state index >= 15 is 0 Å². The van der Waals surface area contributed by atoms with Gasteiger partial charge in [-0.05, 0) is 19.4 Å². The van der Waals surface area contributed by atoms with E-state index in [9.17, 15) is 5.11 Å². The summed E-state index contributed by atoms with van der Waals surface area (Å²) in [7, 11) is 0. The van der Waals surface area contributed by atoms with Crippen molar-refractivity contribution < 1.29 is 24.1 Å². The molecule has 1 aromatic carbocycles. The van der Waals surface area contributed by atoms with Gasteiger partial charge in [-0.25, -0.2) is 0 Å². The van der Waals surface area contributed by atoms with E-state index in [0.29, 0.717) is 13.2 Å². The van der Waals surface area contributed by atoms with Crippen LogP contribution in [0.1, 0.15) is 19.4 Å². The summed E-state index contributed by atoms with van der Waals surface area (Å²) in [5, 5.41) is 10.1. The fraction of sp³-hybridized carbons (Fsp3) is 0.625. The van der Waals surface area contributed by atoms with Crippen LogP contribution in [0.3, 0.4) is 0 Å². The van der Waals surface area contributed by atoms with Crippen LogP contribution >= 0.6 is 0 Å². The lowest BCUT2D eigenvalue weighted by atomic mass is 10.1. The highest BCUT2D eigenvalue weighted by Crippen LogP contribution is 2.31. The SMILES string of the molecule is CC1(C)OC[C@@H]([C@@H]2OC[C@@H](O)[C@H]2OCc2ccccc2)O1. The standard InChI is InChI=1S/C16H22O5/c1-16(2)20-10-13(21-16)15-14(12(17)9-19-15)18-8-11-6-4-3-5-7-11/h3-7,12-15,17H,8-10H2,1-2H3/t12-,13+,14-,15+/m1/s1. The Labute approximate surface area is 124 Å². The van der Waals surface area contributed by atoms with Gasteiger partial charge in [-0.2, -0.15) is 0 Å². The van der Waals surface area contributed by atoms with Gasteiger partial charge in [-0.3, -0.25) is 0 Å². The second kappa shape index (κ2) is 6.02. The van der Waals surface area contributed by atoms with Crippen molar-refractivity contribution in [1.82, 2.24) is 0 Å². The lowest BCUT2D eigenvalue weighted by Gasteiger charge is -2.26. The molecule has 2 heterocycles. The fourth-order valence-corrected chi connectivity index (χ4v) is 2.79. The van der Waals surface area contributed by atoms with Crippen molar-refractivity contribution in [3.05, 3.63) is 35.9 Å². The van der Waals surface area contributed by atoms with Crippen molar-refractivity contribution in [2.75, 3.05) is 13.2 Å². The summed E-state index contributed by atoms with van der Waals surface area (Å²) in [6.45, 7) is 4.91. The van der Waals surface area contributed by atoms with E-state index in [-0.39, 0.29) is 18.8 Å². The average molecular weight is 294 g/mol. The van der Waals surface area contributed by atoms with E-state index in [4.69, 9.17) is 18.9 Å². The second-order valence-electron chi connectivity index (χ2n) is 5.99. The number of hydrogen-bond donors (Lipinski definition) is 1. The molecule has 4 atom stereocenters. The molecule has 0 saturated carbocycles. The Kier molecular flexibility index (Phi) is 4.28. The molecule has 0 unspecified atom stereocenters. The van der Waals surface area contributed by atoms with Crippen molar-refractivity contribution >= 4 is 0 Å². The summed E-state index contributed by atoms with van der Waals surface area (Å²) >= 11 is 0. The molecule has 0 spiro atoms. The Morgan fingerprint density at radius 1 is 1.24 bits per heavy atom. The minimum Gasteiger partial charge on any atom is -0.388 e. The number of aliphatic hydroxyl groups is 1. The van der Waals surface area contributed by atoms with Gasteiger partial charge in [0, 0.05) is 0 Å². The fourth-order valence-electron chi connectivity index (χ4n) is 2.79. The molecule has 0 aliphatic carbocycles. The van der Waals surface area contributed by atoms with Crippen LogP contribution in [0.5, 0.6) is 0 Å². The van der Waals surface area contributed by atoms with Crippen molar-refractivity contribution in [2.45, 2.75) is 50.7 Å². The summed E-state index contributed by atoms with van der Waals surface area (Å²) < 4.78 is 22.9. The average Bonchev–Trinajstić information content (AvgIpc) is 3.00. The van der Waals surface area contributed by atoms with Gasteiger partial charge in [-0.1, -0.05) is 30.3 Å². The van der Waals surface area contributed by atoms with Crippen LogP contribution in [0.2, 0.25) is 0 Å². The number of aliphatic hydroxyl groups excluding tert-OH is 1. The summed E-state index contributed by atoms with van der Waals surface area (Å²) in [6.07, 6.45) is -1.54. The van der Waals surface area contributed by atoms with Crippen molar-refractivity contribution in [2.24, 2.45) is 0 Å². The first-order valence-corrected chi connectivity index (χ1v) is 7.32. The predicted molar refractivity (Wildman–Crippen MR) is 75.7 cm³/mol. The molecule has 2 fully saturated rings. The Morgan fingerprint density at radius 2 is 2.00 bits per heavy atom. The zero-order valence-electron chi connectivity index (χ0n) is 12.4. The first kappa shape index (κ1) is 14.9. The van der Waals surface area contributed by atoms with Crippen molar-refractivity contribution in [1.29, 1.82) is 0 Å². The quantitative estimate of drug-likeness (QED) is 0.911. The number of benzene rings is 1. The van der Waals surface area contributed by atoms with Gasteiger partial charge in [0.05, 0.1) is 19.8 Å². The van der Waals surface area contributed by atoms with E-state index < -0.39 is 18.0 Å². The number of rotatable bonds is 4. The molecule has 5 heteroatoms. The van der Waals surface area contributed by atoms with E-state index in [2.05, 4.69) is 0 Å². The second-order valence-corrected chi connectivity index (χ2v) is 5.99. The summed E-state index contributed by atoms with van der Waals surface area (Å²) in [4.78, 5) is 0. The Balaban J connectivity index is 1.62. The molecule has 2 saturated heterocycles. The largest absolute Gasteiger partial charge is 0.388 e. The Morgan fingerprint density at radius 3 is 2.67 bits per heavy atom. The minimum absolute atomic E-state index is 0.210. The monoisotopic (exact) mass is 294 g/mol. The molecule has 116 valence electrons. The van der Waals surface area contributed by atoms with Gasteiger partial charge in [-0.15, -0.1) is 0 Å². The molecule has 0 radical (unpaired) electrons. The third-order valence-electron chi connectivity index (χ3n) is 3.84. The van der Waals surface area contributed by atoms with Gasteiger partial charge in [0.2, 0.25) is 0 Å². The maximum Gasteiger partial charge on any atom is 0.163 e. The predicted octanol–water partition coefficient (Wildman–Crippen LogP) is 1.48. The van der Waals surface area contributed by atoms with Crippen LogP contribution in [-0.2, 0) is 25.6 Å². The van der Waals surface area contributed by atoms with Crippen LogP contribution in [-0.4, -0.2) is 48.5 Å². The lowest BCUT2D eigenvalue weighted by molar-refractivity contribution is -0.163. The molecule has 2 aliphatic heterocycles. The first-order valence-electron chi connectivity index (χ1n) is 7.32. The van der Waals surface area contributed by atoms with Crippen LogP contribution in [0, 0.1) is 0 Å². The van der Waals surface area contributed by atoms with E-state index in [0.717, 1.165) is 5.56 Å². The number of ether oxygens (including phenoxy) is 4. The van der Waals surface area contributed by atoms with Gasteiger partial charge < -0.3 is 24.1 Å².